The molecule has 0 saturated carbocycles. The van der Waals surface area contributed by atoms with E-state index in [1.807, 2.05) is 0 Å². The first-order valence-electron chi connectivity index (χ1n) is 3.41. The van der Waals surface area contributed by atoms with Crippen LogP contribution in [0.2, 0.25) is 0 Å². The molecular formula is C7H12Br2O. The summed E-state index contributed by atoms with van der Waals surface area (Å²) in [5.41, 5.74) is 0. The van der Waals surface area contributed by atoms with Gasteiger partial charge in [0.15, 0.2) is 4.67 Å². The van der Waals surface area contributed by atoms with Crippen molar-refractivity contribution < 1.29 is 5.11 Å². The van der Waals surface area contributed by atoms with Gasteiger partial charge in [0.05, 0.1) is 0 Å². The third-order valence-corrected chi connectivity index (χ3v) is 3.01. The maximum Gasteiger partial charge on any atom is 0.169 e. The largest absolute Gasteiger partial charge is 0.501 e. The van der Waals surface area contributed by atoms with Crippen molar-refractivity contribution in [1.29, 1.82) is 0 Å². The third kappa shape index (κ3) is 5.30. The molecule has 0 aliphatic rings. The first kappa shape index (κ1) is 10.5. The third-order valence-electron chi connectivity index (χ3n) is 1.22. The minimum atomic E-state index is 0.226. The van der Waals surface area contributed by atoms with E-state index in [9.17, 15) is 0 Å². The Kier molecular flexibility index (Phi) is 6.54. The Hall–Kier alpha value is 0.500. The molecule has 1 N–H and O–H groups in total. The molecule has 0 aromatic carbocycles. The van der Waals surface area contributed by atoms with Crippen LogP contribution < -0.4 is 0 Å². The zero-order chi connectivity index (χ0) is 7.98. The van der Waals surface area contributed by atoms with E-state index >= 15 is 0 Å². The number of hydrogen-bond acceptors (Lipinski definition) is 1. The van der Waals surface area contributed by atoms with Gasteiger partial charge >= 0.3 is 0 Å². The molecule has 0 aromatic heterocycles. The summed E-state index contributed by atoms with van der Waals surface area (Å²) in [4.78, 5) is 0. The molecular weight excluding hydrogens is 260 g/mol. The van der Waals surface area contributed by atoms with Crippen LogP contribution >= 0.6 is 31.9 Å². The molecule has 0 aliphatic carbocycles. The van der Waals surface area contributed by atoms with Crippen molar-refractivity contribution in [3.05, 3.63) is 9.15 Å². The number of rotatable bonds is 4. The number of halogens is 2. The maximum absolute atomic E-state index is 8.87. The highest BCUT2D eigenvalue weighted by atomic mass is 79.9. The Morgan fingerprint density at radius 1 is 1.30 bits per heavy atom. The number of aliphatic hydroxyl groups excluding tert-OH is 1. The molecule has 1 nitrogen and oxygen atoms in total. The molecule has 0 radical (unpaired) electrons. The van der Waals surface area contributed by atoms with Gasteiger partial charge in [-0.1, -0.05) is 35.7 Å². The van der Waals surface area contributed by atoms with E-state index in [0.717, 1.165) is 17.3 Å². The molecule has 60 valence electrons. The maximum atomic E-state index is 8.87. The number of allylic oxidation sites excluding steroid dienone is 1. The quantitative estimate of drug-likeness (QED) is 0.603. The van der Waals surface area contributed by atoms with Crippen LogP contribution in [0, 0.1) is 0 Å². The summed E-state index contributed by atoms with van der Waals surface area (Å²) in [5.74, 6) is 0. The Morgan fingerprint density at radius 2 is 1.90 bits per heavy atom. The van der Waals surface area contributed by atoms with Crippen molar-refractivity contribution in [2.75, 3.05) is 0 Å². The highest BCUT2D eigenvalue weighted by molar-refractivity contribution is 9.14. The van der Waals surface area contributed by atoms with Gasteiger partial charge in [-0.25, -0.2) is 0 Å². The van der Waals surface area contributed by atoms with Crippen molar-refractivity contribution in [3.63, 3.8) is 0 Å². The summed E-state index contributed by atoms with van der Waals surface area (Å²) in [6.45, 7) is 2.16. The average Bonchev–Trinajstić information content (AvgIpc) is 1.88. The van der Waals surface area contributed by atoms with Crippen molar-refractivity contribution in [2.45, 2.75) is 32.6 Å². The van der Waals surface area contributed by atoms with Gasteiger partial charge in [-0.3, -0.25) is 0 Å². The summed E-state index contributed by atoms with van der Waals surface area (Å²) in [5, 5.41) is 8.87. The summed E-state index contributed by atoms with van der Waals surface area (Å²) in [6.07, 6.45) is 4.48. The van der Waals surface area contributed by atoms with Gasteiger partial charge in [0.2, 0.25) is 0 Å². The number of unbranched alkanes of at least 4 members (excludes halogenated alkanes) is 2. The highest BCUT2D eigenvalue weighted by Crippen LogP contribution is 2.21. The van der Waals surface area contributed by atoms with E-state index in [-0.39, 0.29) is 4.67 Å². The summed E-state index contributed by atoms with van der Waals surface area (Å²) < 4.78 is 1.09. The fourth-order valence-electron chi connectivity index (χ4n) is 0.633. The molecule has 3 heteroatoms. The molecule has 0 saturated heterocycles. The summed E-state index contributed by atoms with van der Waals surface area (Å²) in [6, 6.07) is 0. The molecule has 0 aliphatic heterocycles. The molecule has 10 heavy (non-hydrogen) atoms. The fourth-order valence-corrected chi connectivity index (χ4v) is 1.11. The van der Waals surface area contributed by atoms with Crippen LogP contribution in [0.3, 0.4) is 0 Å². The molecule has 0 fully saturated rings. The second kappa shape index (κ2) is 6.23. The molecule has 0 rings (SSSR count). The van der Waals surface area contributed by atoms with Crippen LogP contribution in [-0.2, 0) is 0 Å². The topological polar surface area (TPSA) is 20.2 Å². The van der Waals surface area contributed by atoms with Crippen LogP contribution in [0.25, 0.3) is 0 Å². The van der Waals surface area contributed by atoms with Crippen molar-refractivity contribution in [2.24, 2.45) is 0 Å². The van der Waals surface area contributed by atoms with E-state index in [4.69, 9.17) is 5.11 Å². The second-order valence-electron chi connectivity index (χ2n) is 2.15. The SMILES string of the molecule is CCCCCC(Br)=C(O)Br. The van der Waals surface area contributed by atoms with Gasteiger partial charge < -0.3 is 5.11 Å². The van der Waals surface area contributed by atoms with Crippen LogP contribution in [0.4, 0.5) is 0 Å². The Balaban J connectivity index is 3.40. The van der Waals surface area contributed by atoms with E-state index in [1.54, 1.807) is 0 Å². The van der Waals surface area contributed by atoms with Crippen LogP contribution in [0.5, 0.6) is 0 Å². The lowest BCUT2D eigenvalue weighted by Crippen LogP contribution is -1.78. The van der Waals surface area contributed by atoms with Gasteiger partial charge in [0, 0.05) is 4.48 Å². The number of aliphatic hydroxyl groups is 1. The van der Waals surface area contributed by atoms with Crippen molar-refractivity contribution >= 4 is 31.9 Å². The van der Waals surface area contributed by atoms with Crippen LogP contribution in [0.15, 0.2) is 9.15 Å². The zero-order valence-corrected chi connectivity index (χ0v) is 9.20. The lowest BCUT2D eigenvalue weighted by Gasteiger charge is -1.97. The van der Waals surface area contributed by atoms with Gasteiger partial charge in [0.1, 0.15) is 0 Å². The van der Waals surface area contributed by atoms with E-state index < -0.39 is 0 Å². The normalized spacial score (nSPS) is 13.1. The second-order valence-corrected chi connectivity index (χ2v) is 3.86. The van der Waals surface area contributed by atoms with Gasteiger partial charge in [-0.05, 0) is 28.8 Å². The zero-order valence-electron chi connectivity index (χ0n) is 6.03. The first-order chi connectivity index (χ1) is 4.68. The molecule has 0 aromatic rings. The average molecular weight is 272 g/mol. The van der Waals surface area contributed by atoms with Crippen LogP contribution in [-0.4, -0.2) is 5.11 Å². The monoisotopic (exact) mass is 270 g/mol. The first-order valence-corrected chi connectivity index (χ1v) is 5.00. The van der Waals surface area contributed by atoms with Crippen LogP contribution in [0.1, 0.15) is 32.6 Å². The molecule has 0 unspecified atom stereocenters. The van der Waals surface area contributed by atoms with Crippen molar-refractivity contribution in [3.8, 4) is 0 Å². The predicted octanol–water partition coefficient (Wildman–Crippen LogP) is 4.08. The van der Waals surface area contributed by atoms with E-state index in [2.05, 4.69) is 38.8 Å². The van der Waals surface area contributed by atoms with Gasteiger partial charge in [0.25, 0.3) is 0 Å². The minimum absolute atomic E-state index is 0.226. The Bertz CT molecular complexity index is 117. The van der Waals surface area contributed by atoms with Crippen molar-refractivity contribution in [1.82, 2.24) is 0 Å². The summed E-state index contributed by atoms with van der Waals surface area (Å²) in [7, 11) is 0. The molecule has 0 bridgehead atoms. The number of hydrogen-bond donors (Lipinski definition) is 1. The Labute approximate surface area is 78.8 Å². The van der Waals surface area contributed by atoms with Gasteiger partial charge in [-0.15, -0.1) is 0 Å². The lowest BCUT2D eigenvalue weighted by atomic mass is 10.2. The minimum Gasteiger partial charge on any atom is -0.501 e. The molecule has 0 heterocycles. The summed E-state index contributed by atoms with van der Waals surface area (Å²) >= 11 is 6.24. The molecule has 0 spiro atoms. The fraction of sp³-hybridized carbons (Fsp3) is 0.714. The molecule has 0 amide bonds. The highest BCUT2D eigenvalue weighted by Gasteiger charge is 1.96. The van der Waals surface area contributed by atoms with E-state index in [1.165, 1.54) is 12.8 Å². The van der Waals surface area contributed by atoms with E-state index in [0.29, 0.717) is 0 Å². The molecule has 0 atom stereocenters. The smallest absolute Gasteiger partial charge is 0.169 e. The Morgan fingerprint density at radius 3 is 2.30 bits per heavy atom. The lowest BCUT2D eigenvalue weighted by molar-refractivity contribution is 0.455. The standard InChI is InChI=1S/C7H12Br2O/c1-2-3-4-5-6(8)7(9)10/h10H,2-5H2,1H3. The van der Waals surface area contributed by atoms with Gasteiger partial charge in [-0.2, -0.15) is 0 Å². The predicted molar refractivity (Wildman–Crippen MR) is 51.7 cm³/mol.